The maximum absolute atomic E-state index is 9.43. The molecule has 2 atom stereocenters. The molecule has 0 saturated carbocycles. The molecule has 3 heteroatoms. The number of aliphatic hydroxyl groups is 1. The molecular formula is C14H32N2O. The summed E-state index contributed by atoms with van der Waals surface area (Å²) in [5.74, 6) is 0.741. The van der Waals surface area contributed by atoms with Gasteiger partial charge in [0.05, 0.1) is 6.61 Å². The second kappa shape index (κ2) is 8.06. The number of aliphatic hydroxyl groups excluding tert-OH is 1. The van der Waals surface area contributed by atoms with E-state index in [1.165, 1.54) is 6.42 Å². The lowest BCUT2D eigenvalue weighted by Gasteiger charge is -2.33. The highest BCUT2D eigenvalue weighted by Crippen LogP contribution is 2.13. The molecule has 0 rings (SSSR count). The monoisotopic (exact) mass is 244 g/mol. The Hall–Kier alpha value is -0.120. The van der Waals surface area contributed by atoms with E-state index in [0.29, 0.717) is 6.04 Å². The summed E-state index contributed by atoms with van der Waals surface area (Å²) in [5.41, 5.74) is -0.138. The molecule has 2 N–H and O–H groups in total. The van der Waals surface area contributed by atoms with Crippen molar-refractivity contribution in [1.82, 2.24) is 10.2 Å². The Bertz CT molecular complexity index is 197. The third-order valence-corrected chi connectivity index (χ3v) is 3.53. The van der Waals surface area contributed by atoms with E-state index in [1.54, 1.807) is 0 Å². The molecule has 104 valence electrons. The topological polar surface area (TPSA) is 35.5 Å². The number of likely N-dealkylation sites (N-methyl/N-ethyl adjacent to an activating group) is 1. The molecule has 0 bridgehead atoms. The molecule has 0 aliphatic carbocycles. The summed E-state index contributed by atoms with van der Waals surface area (Å²) in [5, 5.41) is 12.8. The van der Waals surface area contributed by atoms with Crippen LogP contribution in [0.15, 0.2) is 0 Å². The van der Waals surface area contributed by atoms with Gasteiger partial charge in [0.2, 0.25) is 0 Å². The maximum Gasteiger partial charge on any atom is 0.0611 e. The van der Waals surface area contributed by atoms with Crippen molar-refractivity contribution in [2.24, 2.45) is 5.92 Å². The largest absolute Gasteiger partial charge is 0.394 e. The maximum atomic E-state index is 9.43. The van der Waals surface area contributed by atoms with Gasteiger partial charge in [-0.25, -0.2) is 0 Å². The molecular weight excluding hydrogens is 212 g/mol. The number of nitrogens with zero attached hydrogens (tertiary/aromatic N) is 1. The fourth-order valence-corrected chi connectivity index (χ4v) is 2.16. The second-order valence-electron chi connectivity index (χ2n) is 5.96. The van der Waals surface area contributed by atoms with Gasteiger partial charge in [-0.2, -0.15) is 0 Å². The normalized spacial score (nSPS) is 17.5. The van der Waals surface area contributed by atoms with Crippen molar-refractivity contribution < 1.29 is 5.11 Å². The first-order valence-electron chi connectivity index (χ1n) is 6.90. The standard InChI is InChI=1S/C14H32N2O/c1-7-15-14(5,11-17)8-9-16(6)13(4)10-12(2)3/h12-13,15,17H,7-11H2,1-6H3. The molecule has 0 amide bonds. The molecule has 2 unspecified atom stereocenters. The highest BCUT2D eigenvalue weighted by atomic mass is 16.3. The van der Waals surface area contributed by atoms with E-state index >= 15 is 0 Å². The lowest BCUT2D eigenvalue weighted by atomic mass is 9.97. The van der Waals surface area contributed by atoms with E-state index in [4.69, 9.17) is 0 Å². The molecule has 0 aromatic heterocycles. The molecule has 0 aromatic rings. The van der Waals surface area contributed by atoms with Crippen molar-refractivity contribution in [2.45, 2.75) is 59.0 Å². The van der Waals surface area contributed by atoms with Crippen LogP contribution in [0.4, 0.5) is 0 Å². The number of nitrogens with one attached hydrogen (secondary N) is 1. The summed E-state index contributed by atoms with van der Waals surface area (Å²) in [7, 11) is 2.18. The number of hydrogen-bond acceptors (Lipinski definition) is 3. The van der Waals surface area contributed by atoms with Crippen molar-refractivity contribution >= 4 is 0 Å². The minimum absolute atomic E-state index is 0.138. The predicted molar refractivity (Wildman–Crippen MR) is 75.3 cm³/mol. The first kappa shape index (κ1) is 16.9. The van der Waals surface area contributed by atoms with Gasteiger partial charge in [-0.1, -0.05) is 20.8 Å². The summed E-state index contributed by atoms with van der Waals surface area (Å²) >= 11 is 0. The minimum Gasteiger partial charge on any atom is -0.394 e. The van der Waals surface area contributed by atoms with E-state index in [1.807, 2.05) is 0 Å². The van der Waals surface area contributed by atoms with Crippen LogP contribution >= 0.6 is 0 Å². The van der Waals surface area contributed by atoms with Crippen molar-refractivity contribution in [1.29, 1.82) is 0 Å². The molecule has 0 saturated heterocycles. The van der Waals surface area contributed by atoms with Crippen molar-refractivity contribution in [3.05, 3.63) is 0 Å². The van der Waals surface area contributed by atoms with E-state index in [-0.39, 0.29) is 12.1 Å². The smallest absolute Gasteiger partial charge is 0.0611 e. The Morgan fingerprint density at radius 1 is 1.29 bits per heavy atom. The Balaban J connectivity index is 4.07. The van der Waals surface area contributed by atoms with Gasteiger partial charge in [-0.05, 0) is 52.7 Å². The Labute approximate surface area is 108 Å². The first-order valence-corrected chi connectivity index (χ1v) is 6.90. The van der Waals surface area contributed by atoms with Crippen LogP contribution in [0, 0.1) is 5.92 Å². The van der Waals surface area contributed by atoms with E-state index < -0.39 is 0 Å². The van der Waals surface area contributed by atoms with E-state index in [9.17, 15) is 5.11 Å². The zero-order valence-corrected chi connectivity index (χ0v) is 12.6. The van der Waals surface area contributed by atoms with Gasteiger partial charge in [0.1, 0.15) is 0 Å². The lowest BCUT2D eigenvalue weighted by Crippen LogP contribution is -2.48. The van der Waals surface area contributed by atoms with E-state index in [0.717, 1.165) is 25.4 Å². The third kappa shape index (κ3) is 7.02. The fraction of sp³-hybridized carbons (Fsp3) is 1.00. The second-order valence-corrected chi connectivity index (χ2v) is 5.96. The van der Waals surface area contributed by atoms with Gasteiger partial charge >= 0.3 is 0 Å². The summed E-state index contributed by atoms with van der Waals surface area (Å²) in [6.07, 6.45) is 2.21. The quantitative estimate of drug-likeness (QED) is 0.652. The van der Waals surface area contributed by atoms with Gasteiger partial charge < -0.3 is 15.3 Å². The van der Waals surface area contributed by atoms with Crippen LogP contribution in [0.1, 0.15) is 47.5 Å². The van der Waals surface area contributed by atoms with Gasteiger partial charge in [0.25, 0.3) is 0 Å². The van der Waals surface area contributed by atoms with Gasteiger partial charge in [0.15, 0.2) is 0 Å². The zero-order valence-electron chi connectivity index (χ0n) is 12.6. The summed E-state index contributed by atoms with van der Waals surface area (Å²) in [4.78, 5) is 2.39. The first-order chi connectivity index (χ1) is 7.84. The lowest BCUT2D eigenvalue weighted by molar-refractivity contribution is 0.140. The van der Waals surface area contributed by atoms with Crippen LogP contribution in [0.5, 0.6) is 0 Å². The van der Waals surface area contributed by atoms with Crippen molar-refractivity contribution in [2.75, 3.05) is 26.7 Å². The van der Waals surface area contributed by atoms with Gasteiger partial charge in [-0.3, -0.25) is 0 Å². The SMILES string of the molecule is CCNC(C)(CO)CCN(C)C(C)CC(C)C. The van der Waals surface area contributed by atoms with Crippen LogP contribution in [0.2, 0.25) is 0 Å². The number of hydrogen-bond donors (Lipinski definition) is 2. The highest BCUT2D eigenvalue weighted by Gasteiger charge is 2.23. The summed E-state index contributed by atoms with van der Waals surface area (Å²) in [6.45, 7) is 13.1. The van der Waals surface area contributed by atoms with Crippen LogP contribution < -0.4 is 5.32 Å². The molecule has 0 radical (unpaired) electrons. The average Bonchev–Trinajstić information content (AvgIpc) is 2.25. The summed E-state index contributed by atoms with van der Waals surface area (Å²) in [6, 6.07) is 0.611. The molecule has 0 fully saturated rings. The third-order valence-electron chi connectivity index (χ3n) is 3.53. The fourth-order valence-electron chi connectivity index (χ4n) is 2.16. The minimum atomic E-state index is -0.138. The summed E-state index contributed by atoms with van der Waals surface area (Å²) < 4.78 is 0. The Morgan fingerprint density at radius 2 is 1.88 bits per heavy atom. The molecule has 0 aliphatic rings. The van der Waals surface area contributed by atoms with Crippen LogP contribution in [-0.4, -0.2) is 48.3 Å². The zero-order chi connectivity index (χ0) is 13.5. The average molecular weight is 244 g/mol. The van der Waals surface area contributed by atoms with Crippen LogP contribution in [0.3, 0.4) is 0 Å². The highest BCUT2D eigenvalue weighted by molar-refractivity contribution is 4.83. The van der Waals surface area contributed by atoms with Crippen LogP contribution in [-0.2, 0) is 0 Å². The molecule has 0 spiro atoms. The van der Waals surface area contributed by atoms with E-state index in [2.05, 4.69) is 51.9 Å². The molecule has 3 nitrogen and oxygen atoms in total. The predicted octanol–water partition coefficient (Wildman–Crippen LogP) is 2.10. The molecule has 17 heavy (non-hydrogen) atoms. The number of rotatable bonds is 9. The van der Waals surface area contributed by atoms with Crippen molar-refractivity contribution in [3.63, 3.8) is 0 Å². The Morgan fingerprint density at radius 3 is 2.29 bits per heavy atom. The molecule has 0 aliphatic heterocycles. The van der Waals surface area contributed by atoms with Crippen molar-refractivity contribution in [3.8, 4) is 0 Å². The van der Waals surface area contributed by atoms with Crippen LogP contribution in [0.25, 0.3) is 0 Å². The molecule has 0 heterocycles. The Kier molecular flexibility index (Phi) is 8.01. The van der Waals surface area contributed by atoms with Gasteiger partial charge in [0, 0.05) is 11.6 Å². The van der Waals surface area contributed by atoms with Gasteiger partial charge in [-0.15, -0.1) is 0 Å². The molecule has 0 aromatic carbocycles.